The number of carbonyl (C=O) groups excluding carboxylic acids is 1. The number of hydrogen-bond acceptors (Lipinski definition) is 5. The van der Waals surface area contributed by atoms with Crippen molar-refractivity contribution in [3.8, 4) is 11.5 Å². The van der Waals surface area contributed by atoms with Crippen molar-refractivity contribution in [2.24, 2.45) is 0 Å². The summed E-state index contributed by atoms with van der Waals surface area (Å²) in [6, 6.07) is 13.6. The molecule has 5 nitrogen and oxygen atoms in total. The molecule has 0 spiro atoms. The summed E-state index contributed by atoms with van der Waals surface area (Å²) in [6.07, 6.45) is 2.24. The lowest BCUT2D eigenvalue weighted by molar-refractivity contribution is -0.107. The molecule has 0 radical (unpaired) electrons. The average molecular weight is 387 g/mol. The van der Waals surface area contributed by atoms with Gasteiger partial charge in [0.15, 0.2) is 0 Å². The Bertz CT molecular complexity index is 752. The molecule has 0 amide bonds. The molecule has 1 saturated heterocycles. The third-order valence-electron chi connectivity index (χ3n) is 4.75. The van der Waals surface area contributed by atoms with Gasteiger partial charge in [-0.3, -0.25) is 4.90 Å². The molecule has 2 atom stereocenters. The second kappa shape index (κ2) is 10.2. The zero-order chi connectivity index (χ0) is 19.8. The molecule has 28 heavy (non-hydrogen) atoms. The van der Waals surface area contributed by atoms with Crippen molar-refractivity contribution in [2.45, 2.75) is 31.5 Å². The van der Waals surface area contributed by atoms with Crippen molar-refractivity contribution in [3.63, 3.8) is 0 Å². The van der Waals surface area contributed by atoms with E-state index < -0.39 is 6.10 Å². The van der Waals surface area contributed by atoms with E-state index in [0.29, 0.717) is 37.4 Å². The predicted octanol–water partition coefficient (Wildman–Crippen LogP) is 2.85. The van der Waals surface area contributed by atoms with Crippen molar-refractivity contribution in [1.82, 2.24) is 4.90 Å². The van der Waals surface area contributed by atoms with Crippen LogP contribution in [0, 0.1) is 5.82 Å². The van der Waals surface area contributed by atoms with Crippen molar-refractivity contribution in [2.75, 3.05) is 26.2 Å². The minimum atomic E-state index is -0.622. The average Bonchev–Trinajstić information content (AvgIpc) is 3.14. The zero-order valence-electron chi connectivity index (χ0n) is 15.8. The van der Waals surface area contributed by atoms with Gasteiger partial charge in [0.2, 0.25) is 0 Å². The number of rotatable bonds is 10. The Kier molecular flexibility index (Phi) is 7.39. The van der Waals surface area contributed by atoms with E-state index >= 15 is 0 Å². The normalized spacial score (nSPS) is 18.0. The lowest BCUT2D eigenvalue weighted by Gasteiger charge is -2.21. The molecule has 6 heteroatoms. The number of aldehydes is 1. The minimum Gasteiger partial charge on any atom is -0.491 e. The second-order valence-corrected chi connectivity index (χ2v) is 7.02. The molecule has 2 aromatic rings. The summed E-state index contributed by atoms with van der Waals surface area (Å²) >= 11 is 0. The van der Waals surface area contributed by atoms with Crippen molar-refractivity contribution in [1.29, 1.82) is 0 Å². The Balaban J connectivity index is 1.42. The molecule has 2 unspecified atom stereocenters. The number of hydrogen-bond donors (Lipinski definition) is 1. The zero-order valence-corrected chi connectivity index (χ0v) is 15.8. The highest BCUT2D eigenvalue weighted by Crippen LogP contribution is 2.21. The molecule has 1 heterocycles. The van der Waals surface area contributed by atoms with Gasteiger partial charge in [-0.25, -0.2) is 4.39 Å². The number of carbonyl (C=O) groups is 1. The highest BCUT2D eigenvalue weighted by atomic mass is 19.1. The number of β-amino-alcohol motifs (C(OH)–C–C–N with tert-alkyl or cyclic N) is 1. The topological polar surface area (TPSA) is 59.0 Å². The molecule has 1 N–H and O–H groups in total. The molecule has 0 bridgehead atoms. The fraction of sp³-hybridized carbons (Fsp3) is 0.409. The Morgan fingerprint density at radius 1 is 1.21 bits per heavy atom. The molecule has 1 fully saturated rings. The minimum absolute atomic E-state index is 0.0302. The number of aliphatic hydroxyl groups excluding tert-OH is 1. The summed E-state index contributed by atoms with van der Waals surface area (Å²) in [6.45, 7) is 2.24. The van der Waals surface area contributed by atoms with Crippen LogP contribution in [0.4, 0.5) is 4.39 Å². The first-order valence-electron chi connectivity index (χ1n) is 9.61. The van der Waals surface area contributed by atoms with E-state index in [9.17, 15) is 14.3 Å². The summed E-state index contributed by atoms with van der Waals surface area (Å²) < 4.78 is 24.6. The van der Waals surface area contributed by atoms with E-state index in [1.165, 1.54) is 12.1 Å². The predicted molar refractivity (Wildman–Crippen MR) is 104 cm³/mol. The molecule has 2 aromatic carbocycles. The lowest BCUT2D eigenvalue weighted by Crippen LogP contribution is -2.35. The fourth-order valence-electron chi connectivity index (χ4n) is 3.37. The number of para-hydroxylation sites is 1. The van der Waals surface area contributed by atoms with Gasteiger partial charge in [0.05, 0.1) is 0 Å². The van der Waals surface area contributed by atoms with Gasteiger partial charge in [0.1, 0.15) is 42.4 Å². The third-order valence-corrected chi connectivity index (χ3v) is 4.75. The van der Waals surface area contributed by atoms with Gasteiger partial charge in [-0.05, 0) is 48.7 Å². The summed E-state index contributed by atoms with van der Waals surface area (Å²) in [5.41, 5.74) is 0.968. The second-order valence-electron chi connectivity index (χ2n) is 7.02. The summed E-state index contributed by atoms with van der Waals surface area (Å²) in [4.78, 5) is 12.7. The molecular formula is C22H26FNO4. The van der Waals surface area contributed by atoms with Gasteiger partial charge >= 0.3 is 0 Å². The highest BCUT2D eigenvalue weighted by Gasteiger charge is 2.25. The van der Waals surface area contributed by atoms with Crippen molar-refractivity contribution < 1.29 is 23.8 Å². The van der Waals surface area contributed by atoms with Gasteiger partial charge < -0.3 is 19.4 Å². The molecule has 1 aliphatic rings. The fourth-order valence-corrected chi connectivity index (χ4v) is 3.37. The SMILES string of the molecule is O=CCCc1ccccc1OCC(O)CN1CCC(Oc2ccc(F)cc2)C1. The summed E-state index contributed by atoms with van der Waals surface area (Å²) in [7, 11) is 0. The van der Waals surface area contributed by atoms with Crippen LogP contribution in [0.3, 0.4) is 0 Å². The summed E-state index contributed by atoms with van der Waals surface area (Å²) in [5, 5.41) is 10.3. The Morgan fingerprint density at radius 3 is 2.79 bits per heavy atom. The maximum absolute atomic E-state index is 13.0. The van der Waals surface area contributed by atoms with Gasteiger partial charge in [-0.2, -0.15) is 0 Å². The lowest BCUT2D eigenvalue weighted by atomic mass is 10.1. The van der Waals surface area contributed by atoms with Crippen LogP contribution >= 0.6 is 0 Å². The van der Waals surface area contributed by atoms with Crippen LogP contribution in [0.5, 0.6) is 11.5 Å². The molecule has 0 aromatic heterocycles. The number of aryl methyl sites for hydroxylation is 1. The van der Waals surface area contributed by atoms with Crippen LogP contribution in [0.25, 0.3) is 0 Å². The Morgan fingerprint density at radius 2 is 2.00 bits per heavy atom. The number of aliphatic hydroxyl groups is 1. The van der Waals surface area contributed by atoms with E-state index in [0.717, 1.165) is 24.8 Å². The monoisotopic (exact) mass is 387 g/mol. The van der Waals surface area contributed by atoms with E-state index in [2.05, 4.69) is 4.90 Å². The first-order chi connectivity index (χ1) is 13.6. The first-order valence-corrected chi connectivity index (χ1v) is 9.61. The van der Waals surface area contributed by atoms with Gasteiger partial charge in [0, 0.05) is 26.1 Å². The molecule has 1 aliphatic heterocycles. The molecular weight excluding hydrogens is 361 g/mol. The molecule has 3 rings (SSSR count). The van der Waals surface area contributed by atoms with Crippen LogP contribution in [0.15, 0.2) is 48.5 Å². The van der Waals surface area contributed by atoms with Crippen LogP contribution in [0.2, 0.25) is 0 Å². The number of ether oxygens (including phenoxy) is 2. The van der Waals surface area contributed by atoms with Crippen LogP contribution in [-0.4, -0.2) is 54.7 Å². The van der Waals surface area contributed by atoms with Crippen LogP contribution in [0.1, 0.15) is 18.4 Å². The number of likely N-dealkylation sites (tertiary alicyclic amines) is 1. The highest BCUT2D eigenvalue weighted by molar-refractivity contribution is 5.50. The third kappa shape index (κ3) is 6.04. The largest absolute Gasteiger partial charge is 0.491 e. The number of benzene rings is 2. The van der Waals surface area contributed by atoms with E-state index in [4.69, 9.17) is 9.47 Å². The van der Waals surface area contributed by atoms with Crippen LogP contribution in [-0.2, 0) is 11.2 Å². The molecule has 0 saturated carbocycles. The number of halogens is 1. The maximum atomic E-state index is 13.0. The van der Waals surface area contributed by atoms with Crippen molar-refractivity contribution >= 4 is 6.29 Å². The first kappa shape index (κ1) is 20.3. The Labute approximate surface area is 164 Å². The van der Waals surface area contributed by atoms with E-state index in [1.54, 1.807) is 12.1 Å². The maximum Gasteiger partial charge on any atom is 0.123 e. The number of nitrogens with zero attached hydrogens (tertiary/aromatic N) is 1. The van der Waals surface area contributed by atoms with Gasteiger partial charge in [0.25, 0.3) is 0 Å². The van der Waals surface area contributed by atoms with E-state index in [1.807, 2.05) is 24.3 Å². The smallest absolute Gasteiger partial charge is 0.123 e. The molecule has 0 aliphatic carbocycles. The van der Waals surface area contributed by atoms with Crippen molar-refractivity contribution in [3.05, 3.63) is 59.9 Å². The van der Waals surface area contributed by atoms with Gasteiger partial charge in [-0.15, -0.1) is 0 Å². The quantitative estimate of drug-likeness (QED) is 0.636. The van der Waals surface area contributed by atoms with Gasteiger partial charge in [-0.1, -0.05) is 18.2 Å². The van der Waals surface area contributed by atoms with E-state index in [-0.39, 0.29) is 18.5 Å². The van der Waals surface area contributed by atoms with Crippen LogP contribution < -0.4 is 9.47 Å². The molecule has 150 valence electrons. The summed E-state index contributed by atoms with van der Waals surface area (Å²) in [5.74, 6) is 1.09. The Hall–Kier alpha value is -2.44. The standard InChI is InChI=1S/C22H26FNO4/c23-18-7-9-20(10-8-18)28-21-11-12-24(15-21)14-19(26)16-27-22-6-2-1-4-17(22)5-3-13-25/h1-2,4,6-10,13,19,21,26H,3,5,11-12,14-16H2.